The molecule has 28 heavy (non-hydrogen) atoms. The average Bonchev–Trinajstić information content (AvgIpc) is 3.21. The summed E-state index contributed by atoms with van der Waals surface area (Å²) in [5.74, 6) is -0.607. The molecule has 0 fully saturated rings. The van der Waals surface area contributed by atoms with E-state index in [0.717, 1.165) is 22.0 Å². The van der Waals surface area contributed by atoms with E-state index in [9.17, 15) is 9.59 Å². The van der Waals surface area contributed by atoms with Gasteiger partial charge in [0.1, 0.15) is 6.04 Å². The van der Waals surface area contributed by atoms with Crippen LogP contribution in [0.2, 0.25) is 5.02 Å². The number of thioether (sulfide) groups is 1. The van der Waals surface area contributed by atoms with E-state index in [1.807, 2.05) is 0 Å². The molecule has 2 heterocycles. The van der Waals surface area contributed by atoms with Crippen LogP contribution in [0.5, 0.6) is 0 Å². The van der Waals surface area contributed by atoms with Crippen molar-refractivity contribution in [3.05, 3.63) is 23.2 Å². The zero-order valence-electron chi connectivity index (χ0n) is 15.0. The SMILES string of the molecule is CCOC(=O)CSc1nnc(N)n1C(C)C(=O)Nc1nc2ccc(Cl)cc2s1. The van der Waals surface area contributed by atoms with Crippen molar-refractivity contribution in [2.75, 3.05) is 23.4 Å². The number of hydrogen-bond acceptors (Lipinski definition) is 9. The normalized spacial score (nSPS) is 12.1. The summed E-state index contributed by atoms with van der Waals surface area (Å²) >= 11 is 8.40. The van der Waals surface area contributed by atoms with Crippen molar-refractivity contribution in [1.29, 1.82) is 0 Å². The molecule has 9 nitrogen and oxygen atoms in total. The van der Waals surface area contributed by atoms with Gasteiger partial charge in [-0.1, -0.05) is 34.7 Å². The summed E-state index contributed by atoms with van der Waals surface area (Å²) in [7, 11) is 0. The lowest BCUT2D eigenvalue weighted by Gasteiger charge is -2.15. The molecule has 0 spiro atoms. The molecular formula is C16H17ClN6O3S2. The number of aromatic nitrogens is 4. The second-order valence-corrected chi connectivity index (χ2v) is 8.01. The van der Waals surface area contributed by atoms with Gasteiger partial charge in [-0.05, 0) is 32.0 Å². The van der Waals surface area contributed by atoms with Crippen molar-refractivity contribution in [3.63, 3.8) is 0 Å². The van der Waals surface area contributed by atoms with Crippen LogP contribution in [0.25, 0.3) is 10.2 Å². The molecular weight excluding hydrogens is 424 g/mol. The second-order valence-electron chi connectivity index (χ2n) is 5.60. The molecule has 0 saturated heterocycles. The van der Waals surface area contributed by atoms with Crippen molar-refractivity contribution in [2.24, 2.45) is 0 Å². The molecule has 1 atom stereocenters. The number of hydrogen-bond donors (Lipinski definition) is 2. The molecule has 3 N–H and O–H groups in total. The summed E-state index contributed by atoms with van der Waals surface area (Å²) in [4.78, 5) is 28.6. The fourth-order valence-corrected chi connectivity index (χ4v) is 4.32. The van der Waals surface area contributed by atoms with E-state index in [0.29, 0.717) is 21.9 Å². The maximum Gasteiger partial charge on any atom is 0.316 e. The highest BCUT2D eigenvalue weighted by molar-refractivity contribution is 7.99. The van der Waals surface area contributed by atoms with Gasteiger partial charge in [0.2, 0.25) is 11.9 Å². The molecule has 0 aliphatic heterocycles. The largest absolute Gasteiger partial charge is 0.465 e. The van der Waals surface area contributed by atoms with Crippen molar-refractivity contribution >= 4 is 67.9 Å². The molecule has 3 aromatic rings. The summed E-state index contributed by atoms with van der Waals surface area (Å²) in [6.45, 7) is 3.68. The van der Waals surface area contributed by atoms with Crippen LogP contribution in [0.4, 0.5) is 11.1 Å². The molecule has 1 aromatic carbocycles. The zero-order chi connectivity index (χ0) is 20.3. The third-order valence-corrected chi connectivity index (χ3v) is 5.75. The minimum Gasteiger partial charge on any atom is -0.465 e. The zero-order valence-corrected chi connectivity index (χ0v) is 17.4. The van der Waals surface area contributed by atoms with Gasteiger partial charge in [0, 0.05) is 5.02 Å². The Hall–Kier alpha value is -2.37. The van der Waals surface area contributed by atoms with Crippen LogP contribution in [-0.2, 0) is 14.3 Å². The summed E-state index contributed by atoms with van der Waals surface area (Å²) in [6.07, 6.45) is 0. The summed E-state index contributed by atoms with van der Waals surface area (Å²) in [5, 5.41) is 11.9. The lowest BCUT2D eigenvalue weighted by molar-refractivity contribution is -0.139. The van der Waals surface area contributed by atoms with Crippen LogP contribution in [0.1, 0.15) is 19.9 Å². The Morgan fingerprint density at radius 1 is 1.43 bits per heavy atom. The molecule has 0 aliphatic carbocycles. The summed E-state index contributed by atoms with van der Waals surface area (Å²) in [5.41, 5.74) is 6.61. The number of nitrogens with one attached hydrogen (secondary N) is 1. The number of amides is 1. The number of halogens is 1. The minimum absolute atomic E-state index is 0.0406. The maximum absolute atomic E-state index is 12.7. The van der Waals surface area contributed by atoms with Gasteiger partial charge in [0.05, 0.1) is 22.6 Å². The minimum atomic E-state index is -0.713. The second kappa shape index (κ2) is 8.76. The first-order valence-corrected chi connectivity index (χ1v) is 10.4. The van der Waals surface area contributed by atoms with Gasteiger partial charge in [-0.25, -0.2) is 4.98 Å². The van der Waals surface area contributed by atoms with Crippen LogP contribution in [0.3, 0.4) is 0 Å². The van der Waals surface area contributed by atoms with Crippen molar-refractivity contribution in [3.8, 4) is 0 Å². The van der Waals surface area contributed by atoms with E-state index >= 15 is 0 Å². The first kappa shape index (κ1) is 20.4. The van der Waals surface area contributed by atoms with E-state index in [2.05, 4.69) is 20.5 Å². The fourth-order valence-electron chi connectivity index (χ4n) is 2.36. The lowest BCUT2D eigenvalue weighted by atomic mass is 10.3. The fraction of sp³-hybridized carbons (Fsp3) is 0.312. The van der Waals surface area contributed by atoms with Crippen molar-refractivity contribution < 1.29 is 14.3 Å². The highest BCUT2D eigenvalue weighted by atomic mass is 35.5. The number of esters is 1. The Morgan fingerprint density at radius 3 is 2.96 bits per heavy atom. The van der Waals surface area contributed by atoms with E-state index in [-0.39, 0.29) is 23.6 Å². The Morgan fingerprint density at radius 2 is 2.21 bits per heavy atom. The van der Waals surface area contributed by atoms with Crippen LogP contribution < -0.4 is 11.1 Å². The number of rotatable bonds is 7. The predicted octanol–water partition coefficient (Wildman–Crippen LogP) is 2.98. The first-order chi connectivity index (χ1) is 13.4. The summed E-state index contributed by atoms with van der Waals surface area (Å²) in [6, 6.07) is 4.60. The number of nitrogens with two attached hydrogens (primary N) is 1. The highest BCUT2D eigenvalue weighted by Gasteiger charge is 2.23. The monoisotopic (exact) mass is 440 g/mol. The number of carbonyl (C=O) groups is 2. The Kier molecular flexibility index (Phi) is 6.37. The van der Waals surface area contributed by atoms with Gasteiger partial charge in [0.15, 0.2) is 10.3 Å². The van der Waals surface area contributed by atoms with E-state index in [4.69, 9.17) is 22.1 Å². The number of nitrogens with zero attached hydrogens (tertiary/aromatic N) is 4. The number of ether oxygens (including phenoxy) is 1. The topological polar surface area (TPSA) is 125 Å². The number of carbonyl (C=O) groups excluding carboxylic acids is 2. The quantitative estimate of drug-likeness (QED) is 0.424. The van der Waals surface area contributed by atoms with E-state index < -0.39 is 6.04 Å². The first-order valence-electron chi connectivity index (χ1n) is 8.24. The number of benzene rings is 1. The standard InChI is InChI=1S/C16H17ClN6O3S2/c1-3-26-12(24)7-27-16-22-21-14(18)23(16)8(2)13(25)20-15-19-10-5-4-9(17)6-11(10)28-15/h4-6,8H,3,7H2,1-2H3,(H2,18,21)(H,19,20,25). The van der Waals surface area contributed by atoms with Gasteiger partial charge in [-0.15, -0.1) is 10.2 Å². The molecule has 1 unspecified atom stereocenters. The highest BCUT2D eigenvalue weighted by Crippen LogP contribution is 2.29. The van der Waals surface area contributed by atoms with Crippen LogP contribution in [-0.4, -0.2) is 44.0 Å². The molecule has 0 saturated carbocycles. The molecule has 3 rings (SSSR count). The summed E-state index contributed by atoms with van der Waals surface area (Å²) < 4.78 is 7.22. The number of thiazole rings is 1. The van der Waals surface area contributed by atoms with Crippen LogP contribution in [0, 0.1) is 0 Å². The molecule has 0 radical (unpaired) electrons. The lowest BCUT2D eigenvalue weighted by Crippen LogP contribution is -2.25. The van der Waals surface area contributed by atoms with Gasteiger partial charge >= 0.3 is 5.97 Å². The Bertz CT molecular complexity index is 1020. The van der Waals surface area contributed by atoms with Crippen LogP contribution >= 0.6 is 34.7 Å². The molecule has 1 amide bonds. The van der Waals surface area contributed by atoms with Gasteiger partial charge in [-0.3, -0.25) is 14.2 Å². The molecule has 0 aliphatic rings. The van der Waals surface area contributed by atoms with E-state index in [1.165, 1.54) is 15.9 Å². The van der Waals surface area contributed by atoms with Crippen molar-refractivity contribution in [1.82, 2.24) is 19.7 Å². The number of fused-ring (bicyclic) bond motifs is 1. The Balaban J connectivity index is 1.73. The predicted molar refractivity (Wildman–Crippen MR) is 110 cm³/mol. The molecule has 148 valence electrons. The molecule has 0 bridgehead atoms. The Labute approximate surface area is 173 Å². The third-order valence-electron chi connectivity index (χ3n) is 3.66. The van der Waals surface area contributed by atoms with Crippen LogP contribution in [0.15, 0.2) is 23.4 Å². The van der Waals surface area contributed by atoms with E-state index in [1.54, 1.807) is 32.0 Å². The van der Waals surface area contributed by atoms with Crippen molar-refractivity contribution in [2.45, 2.75) is 25.0 Å². The molecule has 12 heteroatoms. The van der Waals surface area contributed by atoms with Gasteiger partial charge in [0.25, 0.3) is 0 Å². The number of anilines is 2. The molecule has 2 aromatic heterocycles. The van der Waals surface area contributed by atoms with Gasteiger partial charge < -0.3 is 15.8 Å². The maximum atomic E-state index is 12.7. The smallest absolute Gasteiger partial charge is 0.316 e. The third kappa shape index (κ3) is 4.54. The number of nitrogen functional groups attached to an aromatic ring is 1. The average molecular weight is 441 g/mol. The van der Waals surface area contributed by atoms with Gasteiger partial charge in [-0.2, -0.15) is 0 Å².